The number of nitrogens with one attached hydrogen (secondary N) is 1. The molecule has 2 N–H and O–H groups in total. The summed E-state index contributed by atoms with van der Waals surface area (Å²) in [7, 11) is 0. The van der Waals surface area contributed by atoms with Crippen molar-refractivity contribution >= 4 is 17.9 Å². The highest BCUT2D eigenvalue weighted by atomic mass is 19.4. The Labute approximate surface area is 231 Å². The summed E-state index contributed by atoms with van der Waals surface area (Å²) in [5.74, 6) is 0.555. The van der Waals surface area contributed by atoms with Gasteiger partial charge in [-0.25, -0.2) is 4.99 Å². The Bertz CT molecular complexity index is 1320. The van der Waals surface area contributed by atoms with E-state index in [1.54, 1.807) is 31.2 Å². The first kappa shape index (κ1) is 28.9. The van der Waals surface area contributed by atoms with Gasteiger partial charge >= 0.3 is 6.18 Å². The molecule has 0 bridgehead atoms. The molecule has 2 atom stereocenters. The zero-order chi connectivity index (χ0) is 28.6. The van der Waals surface area contributed by atoms with Gasteiger partial charge < -0.3 is 19.9 Å². The molecule has 3 aromatic rings. The molecule has 0 spiro atoms. The first-order valence-corrected chi connectivity index (χ1v) is 13.0. The van der Waals surface area contributed by atoms with Crippen LogP contribution >= 0.6 is 0 Å². The van der Waals surface area contributed by atoms with Crippen LogP contribution in [-0.2, 0) is 22.3 Å². The van der Waals surface area contributed by atoms with Gasteiger partial charge in [-0.3, -0.25) is 4.79 Å². The van der Waals surface area contributed by atoms with Gasteiger partial charge in [0, 0.05) is 31.6 Å². The number of halogens is 3. The van der Waals surface area contributed by atoms with Crippen LogP contribution < -0.4 is 10.1 Å². The number of aliphatic imine (C=N–C) groups is 1. The van der Waals surface area contributed by atoms with Gasteiger partial charge in [-0.1, -0.05) is 54.6 Å². The summed E-state index contributed by atoms with van der Waals surface area (Å²) in [5.41, 5.74) is 0.134. The van der Waals surface area contributed by atoms with Crippen LogP contribution in [0, 0.1) is 0 Å². The molecule has 40 heavy (non-hydrogen) atoms. The van der Waals surface area contributed by atoms with Crippen LogP contribution in [0.3, 0.4) is 0 Å². The number of aliphatic hydroxyl groups is 1. The maximum absolute atomic E-state index is 13.6. The number of aliphatic hydroxyl groups excluding tert-OH is 1. The highest BCUT2D eigenvalue weighted by molar-refractivity contribution is 6.00. The van der Waals surface area contributed by atoms with E-state index in [0.29, 0.717) is 35.8 Å². The van der Waals surface area contributed by atoms with Gasteiger partial charge in [0.1, 0.15) is 11.9 Å². The number of hydrogen-bond donors (Lipinski definition) is 2. The Hall–Kier alpha value is -4.11. The molecule has 0 aliphatic carbocycles. The zero-order valence-electron chi connectivity index (χ0n) is 22.0. The molecule has 1 aliphatic heterocycles. The molecular formula is C31H31F3N2O4. The Morgan fingerprint density at radius 3 is 2.42 bits per heavy atom. The Balaban J connectivity index is 1.55. The number of ether oxygens (including phenoxy) is 2. The van der Waals surface area contributed by atoms with Gasteiger partial charge in [0.25, 0.3) is 5.91 Å². The number of amides is 1. The third kappa shape index (κ3) is 7.09. The van der Waals surface area contributed by atoms with E-state index < -0.39 is 29.3 Å². The number of hydrogen-bond acceptors (Lipinski definition) is 5. The number of nitrogens with zero attached hydrogens (tertiary/aromatic N) is 1. The normalized spacial score (nSPS) is 18.8. The van der Waals surface area contributed by atoms with Crippen LogP contribution in [0.2, 0.25) is 0 Å². The molecule has 0 saturated heterocycles. The van der Waals surface area contributed by atoms with Crippen LogP contribution in [0.25, 0.3) is 6.08 Å². The first-order valence-electron chi connectivity index (χ1n) is 13.0. The van der Waals surface area contributed by atoms with E-state index in [-0.39, 0.29) is 19.6 Å². The van der Waals surface area contributed by atoms with Crippen LogP contribution in [0.5, 0.6) is 5.75 Å². The van der Waals surface area contributed by atoms with Crippen molar-refractivity contribution in [2.75, 3.05) is 13.2 Å². The van der Waals surface area contributed by atoms with Gasteiger partial charge in [0.2, 0.25) is 5.90 Å². The number of rotatable bonds is 11. The van der Waals surface area contributed by atoms with Crippen LogP contribution in [0.1, 0.15) is 42.0 Å². The summed E-state index contributed by atoms with van der Waals surface area (Å²) in [6.07, 6.45) is -0.497. The lowest BCUT2D eigenvalue weighted by molar-refractivity contribution is -0.137. The van der Waals surface area contributed by atoms with E-state index in [4.69, 9.17) is 19.6 Å². The molecule has 9 heteroatoms. The summed E-state index contributed by atoms with van der Waals surface area (Å²) < 4.78 is 50.4. The van der Waals surface area contributed by atoms with E-state index in [9.17, 15) is 18.0 Å². The summed E-state index contributed by atoms with van der Waals surface area (Å²) in [5, 5.41) is 11.8. The van der Waals surface area contributed by atoms with Crippen molar-refractivity contribution in [2.45, 2.75) is 44.1 Å². The second kappa shape index (κ2) is 12.8. The van der Waals surface area contributed by atoms with Crippen molar-refractivity contribution < 1.29 is 32.5 Å². The summed E-state index contributed by atoms with van der Waals surface area (Å²) in [4.78, 5) is 18.4. The third-order valence-corrected chi connectivity index (χ3v) is 6.60. The lowest BCUT2D eigenvalue weighted by Crippen LogP contribution is -2.50. The molecule has 6 nitrogen and oxygen atoms in total. The highest BCUT2D eigenvalue weighted by Gasteiger charge is 2.49. The lowest BCUT2D eigenvalue weighted by Gasteiger charge is -2.27. The lowest BCUT2D eigenvalue weighted by atomic mass is 9.88. The zero-order valence-corrected chi connectivity index (χ0v) is 22.0. The second-order valence-electron chi connectivity index (χ2n) is 9.45. The topological polar surface area (TPSA) is 80.2 Å². The predicted molar refractivity (Wildman–Crippen MR) is 147 cm³/mol. The fourth-order valence-electron chi connectivity index (χ4n) is 4.27. The molecule has 3 aromatic carbocycles. The van der Waals surface area contributed by atoms with Gasteiger partial charge in [0.15, 0.2) is 5.54 Å². The standard InChI is InChI=1S/C31H31F3N2O4/c1-22-30(18-5-9-23-7-3-2-4-8-23,29(38)35-21-24-10-14-26(15-11-24)31(32,33)34)36-28(40-22)25-12-16-27(17-13-25)39-20-6-19-37/h2-5,7-17,22,37H,6,18-21H2,1H3,(H,35,38)/b9-5+/t22-,30-/m1/s1. The van der Waals surface area contributed by atoms with Crippen LogP contribution in [0.15, 0.2) is 89.9 Å². The van der Waals surface area contributed by atoms with Gasteiger partial charge in [0.05, 0.1) is 12.2 Å². The summed E-state index contributed by atoms with van der Waals surface area (Å²) in [6.45, 7) is 2.25. The van der Waals surface area contributed by atoms with Gasteiger partial charge in [-0.05, 0) is 54.4 Å². The van der Waals surface area contributed by atoms with Crippen molar-refractivity contribution in [1.82, 2.24) is 5.32 Å². The maximum Gasteiger partial charge on any atom is 0.416 e. The average molecular weight is 553 g/mol. The average Bonchev–Trinajstić information content (AvgIpc) is 3.29. The molecule has 210 valence electrons. The minimum absolute atomic E-state index is 0.0402. The van der Waals surface area contributed by atoms with Crippen molar-refractivity contribution in [3.63, 3.8) is 0 Å². The second-order valence-corrected chi connectivity index (χ2v) is 9.45. The van der Waals surface area contributed by atoms with Crippen LogP contribution in [-0.4, -0.2) is 41.8 Å². The van der Waals surface area contributed by atoms with Crippen molar-refractivity contribution in [2.24, 2.45) is 4.99 Å². The molecule has 0 radical (unpaired) electrons. The minimum atomic E-state index is -4.43. The Kier molecular flexibility index (Phi) is 9.26. The third-order valence-electron chi connectivity index (χ3n) is 6.60. The smallest absolute Gasteiger partial charge is 0.416 e. The highest BCUT2D eigenvalue weighted by Crippen LogP contribution is 2.33. The SMILES string of the molecule is C[C@H]1OC(c2ccc(OCCCO)cc2)=N[C@@]1(C/C=C/c1ccccc1)C(=O)NCc1ccc(C(F)(F)F)cc1. The van der Waals surface area contributed by atoms with Crippen LogP contribution in [0.4, 0.5) is 13.2 Å². The van der Waals surface area contributed by atoms with E-state index in [1.165, 1.54) is 12.1 Å². The largest absolute Gasteiger partial charge is 0.494 e. The van der Waals surface area contributed by atoms with E-state index >= 15 is 0 Å². The first-order chi connectivity index (χ1) is 19.2. The number of carbonyl (C=O) groups is 1. The molecule has 4 rings (SSSR count). The monoisotopic (exact) mass is 552 g/mol. The molecule has 0 aromatic heterocycles. The Morgan fingerprint density at radius 1 is 1.07 bits per heavy atom. The Morgan fingerprint density at radius 2 is 1.77 bits per heavy atom. The predicted octanol–water partition coefficient (Wildman–Crippen LogP) is 5.79. The molecule has 1 amide bonds. The molecular weight excluding hydrogens is 521 g/mol. The molecule has 1 heterocycles. The van der Waals surface area contributed by atoms with Gasteiger partial charge in [-0.15, -0.1) is 0 Å². The quantitative estimate of drug-likeness (QED) is 0.295. The number of benzene rings is 3. The number of alkyl halides is 3. The molecule has 1 aliphatic rings. The summed E-state index contributed by atoms with van der Waals surface area (Å²) >= 11 is 0. The molecule has 0 saturated carbocycles. The summed E-state index contributed by atoms with van der Waals surface area (Å²) in [6, 6.07) is 21.4. The van der Waals surface area contributed by atoms with E-state index in [0.717, 1.165) is 17.7 Å². The van der Waals surface area contributed by atoms with Crippen molar-refractivity contribution in [3.8, 4) is 5.75 Å². The maximum atomic E-state index is 13.6. The molecule has 0 fully saturated rings. The molecule has 0 unspecified atom stereocenters. The van der Waals surface area contributed by atoms with Gasteiger partial charge in [-0.2, -0.15) is 13.2 Å². The van der Waals surface area contributed by atoms with E-state index in [2.05, 4.69) is 5.32 Å². The van der Waals surface area contributed by atoms with Crippen molar-refractivity contribution in [3.05, 3.63) is 107 Å². The number of carbonyl (C=O) groups excluding carboxylic acids is 1. The fourth-order valence-corrected chi connectivity index (χ4v) is 4.27. The van der Waals surface area contributed by atoms with E-state index in [1.807, 2.05) is 42.5 Å². The minimum Gasteiger partial charge on any atom is -0.494 e. The fraction of sp³-hybridized carbons (Fsp3) is 0.290. The van der Waals surface area contributed by atoms with Crippen molar-refractivity contribution in [1.29, 1.82) is 0 Å².